The van der Waals surface area contributed by atoms with Crippen LogP contribution < -0.4 is 5.73 Å². The van der Waals surface area contributed by atoms with Gasteiger partial charge in [-0.25, -0.2) is 4.98 Å². The molecule has 0 amide bonds. The molecule has 1 aromatic heterocycles. The minimum Gasteiger partial charge on any atom is -0.384 e. The summed E-state index contributed by atoms with van der Waals surface area (Å²) in [7, 11) is 0. The van der Waals surface area contributed by atoms with Gasteiger partial charge in [-0.15, -0.1) is 0 Å². The van der Waals surface area contributed by atoms with E-state index < -0.39 is 5.60 Å². The van der Waals surface area contributed by atoms with E-state index in [-0.39, 0.29) is 5.41 Å². The smallest absolute Gasteiger partial charge is 0.180 e. The number of nitrogens with two attached hydrogens (primary N) is 1. The topological polar surface area (TPSA) is 59.1 Å². The molecule has 3 N–H and O–H groups in total. The molecule has 1 saturated carbocycles. The molecule has 0 bridgehead atoms. The molecule has 1 unspecified atom stereocenters. The molecule has 0 spiro atoms. The summed E-state index contributed by atoms with van der Waals surface area (Å²) in [5.74, 6) is 0. The van der Waals surface area contributed by atoms with Crippen molar-refractivity contribution in [1.82, 2.24) is 4.98 Å². The number of rotatable bonds is 1. The zero-order chi connectivity index (χ0) is 10.4. The number of hydrogen-bond acceptors (Lipinski definition) is 4. The number of nitrogens with zero attached hydrogens (tertiary/aromatic N) is 1. The molecule has 1 atom stereocenters. The normalized spacial score (nSPS) is 30.8. The molecular formula is C10H16N2OS. The first-order valence-corrected chi connectivity index (χ1v) is 5.67. The number of thiazole rings is 1. The number of anilines is 1. The Bertz CT molecular complexity index is 348. The van der Waals surface area contributed by atoms with Crippen molar-refractivity contribution >= 4 is 16.5 Å². The lowest BCUT2D eigenvalue weighted by Gasteiger charge is -2.23. The second kappa shape index (κ2) is 2.94. The van der Waals surface area contributed by atoms with Gasteiger partial charge in [0.25, 0.3) is 0 Å². The number of aliphatic hydroxyl groups is 1. The van der Waals surface area contributed by atoms with E-state index in [1.54, 1.807) is 6.20 Å². The van der Waals surface area contributed by atoms with E-state index in [0.717, 1.165) is 24.1 Å². The first kappa shape index (κ1) is 9.93. The summed E-state index contributed by atoms with van der Waals surface area (Å²) in [5.41, 5.74) is 5.12. The maximum absolute atomic E-state index is 10.4. The number of aromatic nitrogens is 1. The highest BCUT2D eigenvalue weighted by atomic mass is 32.1. The average molecular weight is 212 g/mol. The first-order chi connectivity index (χ1) is 6.41. The fourth-order valence-corrected chi connectivity index (χ4v) is 3.03. The number of nitrogen functional groups attached to an aromatic ring is 1. The van der Waals surface area contributed by atoms with Crippen LogP contribution in [-0.4, -0.2) is 10.1 Å². The molecule has 0 radical (unpaired) electrons. The minimum atomic E-state index is -0.682. The molecule has 1 heterocycles. The van der Waals surface area contributed by atoms with E-state index >= 15 is 0 Å². The number of hydrogen-bond donors (Lipinski definition) is 2. The Hall–Kier alpha value is -0.610. The van der Waals surface area contributed by atoms with Gasteiger partial charge in [0.05, 0.1) is 4.88 Å². The van der Waals surface area contributed by atoms with E-state index in [9.17, 15) is 5.11 Å². The molecule has 14 heavy (non-hydrogen) atoms. The van der Waals surface area contributed by atoms with Crippen molar-refractivity contribution in [2.75, 3.05) is 5.73 Å². The van der Waals surface area contributed by atoms with Crippen LogP contribution in [0.1, 0.15) is 38.0 Å². The lowest BCUT2D eigenvalue weighted by atomic mass is 9.89. The van der Waals surface area contributed by atoms with Crippen molar-refractivity contribution in [1.29, 1.82) is 0 Å². The summed E-state index contributed by atoms with van der Waals surface area (Å²) < 4.78 is 0. The maximum Gasteiger partial charge on any atom is 0.180 e. The zero-order valence-corrected chi connectivity index (χ0v) is 9.40. The van der Waals surface area contributed by atoms with Crippen molar-refractivity contribution in [3.05, 3.63) is 11.1 Å². The van der Waals surface area contributed by atoms with Crippen molar-refractivity contribution < 1.29 is 5.11 Å². The van der Waals surface area contributed by atoms with E-state index in [1.165, 1.54) is 11.3 Å². The Morgan fingerprint density at radius 2 is 2.21 bits per heavy atom. The Morgan fingerprint density at radius 3 is 2.64 bits per heavy atom. The van der Waals surface area contributed by atoms with Crippen molar-refractivity contribution in [3.63, 3.8) is 0 Å². The molecule has 78 valence electrons. The Labute approximate surface area is 88.0 Å². The third-order valence-electron chi connectivity index (χ3n) is 2.97. The molecule has 3 nitrogen and oxygen atoms in total. The fraction of sp³-hybridized carbons (Fsp3) is 0.700. The lowest BCUT2D eigenvalue weighted by Crippen LogP contribution is -2.21. The minimum absolute atomic E-state index is 0.230. The van der Waals surface area contributed by atoms with Gasteiger partial charge in [0, 0.05) is 6.20 Å². The molecule has 0 saturated heterocycles. The standard InChI is InChI=1S/C10H16N2OS/c1-9(2)3-4-10(13,6-9)7-5-12-8(11)14-7/h5,13H,3-4,6H2,1-2H3,(H2,11,12). The summed E-state index contributed by atoms with van der Waals surface area (Å²) in [6, 6.07) is 0. The largest absolute Gasteiger partial charge is 0.384 e. The van der Waals surface area contributed by atoms with Crippen LogP contribution in [0.25, 0.3) is 0 Å². The van der Waals surface area contributed by atoms with Crippen molar-refractivity contribution in [2.24, 2.45) is 5.41 Å². The van der Waals surface area contributed by atoms with E-state index in [0.29, 0.717) is 5.13 Å². The van der Waals surface area contributed by atoms with E-state index in [2.05, 4.69) is 18.8 Å². The maximum atomic E-state index is 10.4. The van der Waals surface area contributed by atoms with Crippen LogP contribution in [0.5, 0.6) is 0 Å². The molecular weight excluding hydrogens is 196 g/mol. The predicted octanol–water partition coefficient (Wildman–Crippen LogP) is 2.12. The van der Waals surface area contributed by atoms with Crippen LogP contribution in [0, 0.1) is 5.41 Å². The summed E-state index contributed by atoms with van der Waals surface area (Å²) >= 11 is 1.40. The Morgan fingerprint density at radius 1 is 1.50 bits per heavy atom. The van der Waals surface area contributed by atoms with Gasteiger partial charge in [0.1, 0.15) is 5.60 Å². The molecule has 1 aliphatic carbocycles. The third-order valence-corrected chi connectivity index (χ3v) is 3.99. The van der Waals surface area contributed by atoms with Gasteiger partial charge < -0.3 is 10.8 Å². The van der Waals surface area contributed by atoms with E-state index in [4.69, 9.17) is 5.73 Å². The van der Waals surface area contributed by atoms with Crippen LogP contribution in [-0.2, 0) is 5.60 Å². The van der Waals surface area contributed by atoms with Gasteiger partial charge >= 0.3 is 0 Å². The second-order valence-electron chi connectivity index (χ2n) is 4.94. The highest BCUT2D eigenvalue weighted by Crippen LogP contribution is 2.50. The average Bonchev–Trinajstić information content (AvgIpc) is 2.57. The third kappa shape index (κ3) is 1.64. The Balaban J connectivity index is 2.27. The molecule has 0 aromatic carbocycles. The van der Waals surface area contributed by atoms with Gasteiger partial charge in [-0.05, 0) is 24.7 Å². The van der Waals surface area contributed by atoms with Crippen LogP contribution >= 0.6 is 11.3 Å². The van der Waals surface area contributed by atoms with Crippen LogP contribution in [0.3, 0.4) is 0 Å². The second-order valence-corrected chi connectivity index (χ2v) is 6.00. The van der Waals surface area contributed by atoms with Gasteiger partial charge in [0.2, 0.25) is 0 Å². The van der Waals surface area contributed by atoms with Gasteiger partial charge in [-0.2, -0.15) is 0 Å². The molecule has 1 aromatic rings. The molecule has 4 heteroatoms. The quantitative estimate of drug-likeness (QED) is 0.749. The highest BCUT2D eigenvalue weighted by molar-refractivity contribution is 7.15. The molecule has 0 aliphatic heterocycles. The van der Waals surface area contributed by atoms with Crippen molar-refractivity contribution in [3.8, 4) is 0 Å². The Kier molecular flexibility index (Phi) is 2.08. The predicted molar refractivity (Wildman–Crippen MR) is 58.1 cm³/mol. The summed E-state index contributed by atoms with van der Waals surface area (Å²) in [6.45, 7) is 4.38. The monoisotopic (exact) mass is 212 g/mol. The lowest BCUT2D eigenvalue weighted by molar-refractivity contribution is 0.0373. The SMILES string of the molecule is CC1(C)CCC(O)(c2cnc(N)s2)C1. The first-order valence-electron chi connectivity index (χ1n) is 4.86. The van der Waals surface area contributed by atoms with Crippen LogP contribution in [0.15, 0.2) is 6.20 Å². The zero-order valence-electron chi connectivity index (χ0n) is 8.58. The van der Waals surface area contributed by atoms with Gasteiger partial charge in [0.15, 0.2) is 5.13 Å². The van der Waals surface area contributed by atoms with E-state index in [1.807, 2.05) is 0 Å². The van der Waals surface area contributed by atoms with Gasteiger partial charge in [-0.3, -0.25) is 0 Å². The fourth-order valence-electron chi connectivity index (χ4n) is 2.23. The highest BCUT2D eigenvalue weighted by Gasteiger charge is 2.43. The van der Waals surface area contributed by atoms with Gasteiger partial charge in [-0.1, -0.05) is 25.2 Å². The van der Waals surface area contributed by atoms with Crippen molar-refractivity contribution in [2.45, 2.75) is 38.7 Å². The van der Waals surface area contributed by atoms with Crippen LogP contribution in [0.4, 0.5) is 5.13 Å². The summed E-state index contributed by atoms with van der Waals surface area (Å²) in [5, 5.41) is 11.0. The summed E-state index contributed by atoms with van der Waals surface area (Å²) in [4.78, 5) is 4.91. The molecule has 1 fully saturated rings. The van der Waals surface area contributed by atoms with Crippen LogP contribution in [0.2, 0.25) is 0 Å². The molecule has 1 aliphatic rings. The summed E-state index contributed by atoms with van der Waals surface area (Å²) in [6.07, 6.45) is 4.39. The molecule has 2 rings (SSSR count).